The molecule has 24 heavy (non-hydrogen) atoms. The van der Waals surface area contributed by atoms with E-state index >= 15 is 0 Å². The highest BCUT2D eigenvalue weighted by atomic mass is 16.5. The van der Waals surface area contributed by atoms with E-state index in [4.69, 9.17) is 4.74 Å². The maximum absolute atomic E-state index is 11.6. The lowest BCUT2D eigenvalue weighted by atomic mass is 10.2. The van der Waals surface area contributed by atoms with Crippen LogP contribution in [0.4, 0.5) is 0 Å². The van der Waals surface area contributed by atoms with Crippen LogP contribution in [0.25, 0.3) is 12.2 Å². The molecule has 0 amide bonds. The highest BCUT2D eigenvalue weighted by Crippen LogP contribution is 2.26. The topological polar surface area (TPSA) is 107 Å². The second-order valence-corrected chi connectivity index (χ2v) is 4.86. The molecule has 4 N–H and O–H groups in total. The summed E-state index contributed by atoms with van der Waals surface area (Å²) in [5, 5.41) is 37.1. The normalized spacial score (nSPS) is 11.2. The van der Waals surface area contributed by atoms with Gasteiger partial charge < -0.3 is 25.2 Å². The van der Waals surface area contributed by atoms with Crippen LogP contribution >= 0.6 is 0 Å². The lowest BCUT2D eigenvalue weighted by Crippen LogP contribution is -1.99. The van der Waals surface area contributed by atoms with E-state index in [9.17, 15) is 25.2 Å². The van der Waals surface area contributed by atoms with Crippen molar-refractivity contribution in [2.75, 3.05) is 6.61 Å². The fraction of sp³-hybridized carbons (Fsp3) is 0.0556. The molecule has 0 aromatic heterocycles. The number of rotatable bonds is 5. The van der Waals surface area contributed by atoms with Crippen molar-refractivity contribution in [3.05, 3.63) is 59.7 Å². The minimum atomic E-state index is -0.569. The van der Waals surface area contributed by atoms with Crippen LogP contribution in [0.2, 0.25) is 0 Å². The van der Waals surface area contributed by atoms with E-state index < -0.39 is 5.97 Å². The first kappa shape index (κ1) is 17.0. The van der Waals surface area contributed by atoms with E-state index in [1.165, 1.54) is 42.5 Å². The predicted octanol–water partition coefficient (Wildman–Crippen LogP) is 2.78. The Bertz CT molecular complexity index is 792. The van der Waals surface area contributed by atoms with E-state index in [-0.39, 0.29) is 29.6 Å². The van der Waals surface area contributed by atoms with Crippen molar-refractivity contribution in [3.63, 3.8) is 0 Å². The number of ether oxygens (including phenoxy) is 1. The maximum atomic E-state index is 11.6. The average molecular weight is 328 g/mol. The second kappa shape index (κ2) is 7.73. The van der Waals surface area contributed by atoms with Crippen LogP contribution in [-0.4, -0.2) is 33.0 Å². The number of carbonyl (C=O) groups excluding carboxylic acids is 1. The molecule has 0 unspecified atom stereocenters. The smallest absolute Gasteiger partial charge is 0.331 e. The summed E-state index contributed by atoms with van der Waals surface area (Å²) >= 11 is 0. The summed E-state index contributed by atoms with van der Waals surface area (Å²) in [5.74, 6) is -1.51. The third-order valence-corrected chi connectivity index (χ3v) is 3.04. The molecule has 6 nitrogen and oxygen atoms in total. The highest BCUT2D eigenvalue weighted by Gasteiger charge is 2.00. The van der Waals surface area contributed by atoms with Gasteiger partial charge in [-0.1, -0.05) is 18.2 Å². The zero-order valence-electron chi connectivity index (χ0n) is 12.6. The molecule has 0 fully saturated rings. The van der Waals surface area contributed by atoms with E-state index in [2.05, 4.69) is 0 Å². The Balaban J connectivity index is 1.84. The van der Waals surface area contributed by atoms with Crippen molar-refractivity contribution in [1.29, 1.82) is 0 Å². The summed E-state index contributed by atoms with van der Waals surface area (Å²) in [7, 11) is 0. The first-order valence-corrected chi connectivity index (χ1v) is 7.01. The van der Waals surface area contributed by atoms with Crippen LogP contribution in [0.5, 0.6) is 23.0 Å². The average Bonchev–Trinajstić information content (AvgIpc) is 2.56. The summed E-state index contributed by atoms with van der Waals surface area (Å²) in [5.41, 5.74) is 1.19. The summed E-state index contributed by atoms with van der Waals surface area (Å²) in [6.07, 6.45) is 5.87. The van der Waals surface area contributed by atoms with Gasteiger partial charge in [-0.25, -0.2) is 4.79 Å². The van der Waals surface area contributed by atoms with Crippen molar-refractivity contribution in [3.8, 4) is 23.0 Å². The molecular weight excluding hydrogens is 312 g/mol. The molecule has 2 aromatic carbocycles. The van der Waals surface area contributed by atoms with Gasteiger partial charge in [-0.2, -0.15) is 0 Å². The molecule has 0 aliphatic rings. The Morgan fingerprint density at radius 1 is 0.833 bits per heavy atom. The molecule has 6 heteroatoms. The fourth-order valence-electron chi connectivity index (χ4n) is 1.82. The minimum absolute atomic E-state index is 0.0334. The molecule has 2 rings (SSSR count). The van der Waals surface area contributed by atoms with Crippen LogP contribution in [-0.2, 0) is 9.53 Å². The Morgan fingerprint density at radius 2 is 1.38 bits per heavy atom. The molecule has 0 aliphatic heterocycles. The number of esters is 1. The van der Waals surface area contributed by atoms with Crippen molar-refractivity contribution < 1.29 is 30.0 Å². The van der Waals surface area contributed by atoms with E-state index in [1.807, 2.05) is 0 Å². The van der Waals surface area contributed by atoms with Crippen LogP contribution in [0.1, 0.15) is 11.1 Å². The Labute approximate surface area is 138 Å². The van der Waals surface area contributed by atoms with E-state index in [0.29, 0.717) is 11.1 Å². The van der Waals surface area contributed by atoms with Gasteiger partial charge in [-0.3, -0.25) is 0 Å². The maximum Gasteiger partial charge on any atom is 0.331 e. The van der Waals surface area contributed by atoms with Crippen LogP contribution in [0.15, 0.2) is 48.6 Å². The first-order chi connectivity index (χ1) is 11.5. The van der Waals surface area contributed by atoms with Gasteiger partial charge in [0.15, 0.2) is 23.0 Å². The molecule has 124 valence electrons. The number of hydrogen-bond donors (Lipinski definition) is 4. The molecular formula is C18H16O6. The summed E-state index contributed by atoms with van der Waals surface area (Å²) in [6, 6.07) is 8.51. The minimum Gasteiger partial charge on any atom is -0.504 e. The number of hydrogen-bond acceptors (Lipinski definition) is 6. The van der Waals surface area contributed by atoms with Gasteiger partial charge in [0.05, 0.1) is 0 Å². The van der Waals surface area contributed by atoms with Crippen LogP contribution in [0.3, 0.4) is 0 Å². The van der Waals surface area contributed by atoms with Crippen molar-refractivity contribution >= 4 is 18.1 Å². The third-order valence-electron chi connectivity index (χ3n) is 3.04. The Hall–Kier alpha value is -3.41. The van der Waals surface area contributed by atoms with Crippen LogP contribution in [0, 0.1) is 0 Å². The second-order valence-electron chi connectivity index (χ2n) is 4.86. The van der Waals surface area contributed by atoms with Crippen molar-refractivity contribution in [2.24, 2.45) is 0 Å². The SMILES string of the molecule is O=C(/C=C/c1ccc(O)c(O)c1)OC/C=C/c1ccc(O)c(O)c1. The summed E-state index contributed by atoms with van der Waals surface area (Å²) in [4.78, 5) is 11.6. The lowest BCUT2D eigenvalue weighted by molar-refractivity contribution is -0.136. The fourth-order valence-corrected chi connectivity index (χ4v) is 1.82. The van der Waals surface area contributed by atoms with Crippen LogP contribution < -0.4 is 0 Å². The summed E-state index contributed by atoms with van der Waals surface area (Å²) in [6.45, 7) is 0.0334. The lowest BCUT2D eigenvalue weighted by Gasteiger charge is -2.00. The first-order valence-electron chi connectivity index (χ1n) is 7.01. The number of phenolic OH excluding ortho intramolecular Hbond substituents is 4. The van der Waals surface area contributed by atoms with Gasteiger partial charge in [-0.05, 0) is 47.5 Å². The molecule has 0 saturated carbocycles. The zero-order chi connectivity index (χ0) is 17.5. The molecule has 0 bridgehead atoms. The van der Waals surface area contributed by atoms with E-state index in [0.717, 1.165) is 0 Å². The van der Waals surface area contributed by atoms with E-state index in [1.54, 1.807) is 18.2 Å². The molecule has 0 radical (unpaired) electrons. The largest absolute Gasteiger partial charge is 0.504 e. The molecule has 2 aromatic rings. The Kier molecular flexibility index (Phi) is 5.46. The van der Waals surface area contributed by atoms with Gasteiger partial charge in [-0.15, -0.1) is 0 Å². The van der Waals surface area contributed by atoms with Crippen molar-refractivity contribution in [1.82, 2.24) is 0 Å². The number of benzene rings is 2. The molecule has 0 spiro atoms. The predicted molar refractivity (Wildman–Crippen MR) is 88.6 cm³/mol. The molecule has 0 aliphatic carbocycles. The number of aromatic hydroxyl groups is 4. The van der Waals surface area contributed by atoms with Gasteiger partial charge in [0, 0.05) is 6.08 Å². The van der Waals surface area contributed by atoms with Gasteiger partial charge in [0.25, 0.3) is 0 Å². The zero-order valence-corrected chi connectivity index (χ0v) is 12.6. The standard InChI is InChI=1S/C18H16O6/c19-14-6-3-12(10-16(14)21)2-1-9-24-18(23)8-5-13-4-7-15(20)17(22)11-13/h1-8,10-11,19-22H,9H2/b2-1+,8-5+. The number of carbonyl (C=O) groups is 1. The van der Waals surface area contributed by atoms with Gasteiger partial charge in [0.1, 0.15) is 6.61 Å². The number of phenols is 4. The highest BCUT2D eigenvalue weighted by molar-refractivity contribution is 5.87. The monoisotopic (exact) mass is 328 g/mol. The summed E-state index contributed by atoms with van der Waals surface area (Å²) < 4.78 is 4.96. The third kappa shape index (κ3) is 4.81. The van der Waals surface area contributed by atoms with Crippen molar-refractivity contribution in [2.45, 2.75) is 0 Å². The van der Waals surface area contributed by atoms with Gasteiger partial charge in [0.2, 0.25) is 0 Å². The quantitative estimate of drug-likeness (QED) is 0.382. The Morgan fingerprint density at radius 3 is 1.92 bits per heavy atom. The molecule has 0 heterocycles. The molecule has 0 atom stereocenters. The molecule has 0 saturated heterocycles. The van der Waals surface area contributed by atoms with Gasteiger partial charge >= 0.3 is 5.97 Å².